The minimum Gasteiger partial charge on any atom is -0.493 e. The molecule has 2 heterocycles. The zero-order chi connectivity index (χ0) is 24.6. The van der Waals surface area contributed by atoms with Crippen molar-refractivity contribution < 1.29 is 28.6 Å². The van der Waals surface area contributed by atoms with Gasteiger partial charge in [-0.1, -0.05) is 18.2 Å². The molecule has 2 aromatic carbocycles. The van der Waals surface area contributed by atoms with Crippen LogP contribution in [0.25, 0.3) is 0 Å². The molecule has 1 fully saturated rings. The maximum absolute atomic E-state index is 13.0. The molecule has 2 aliphatic rings. The summed E-state index contributed by atoms with van der Waals surface area (Å²) in [6.45, 7) is 0. The van der Waals surface area contributed by atoms with Crippen LogP contribution in [-0.4, -0.2) is 68.8 Å². The number of hydrazone groups is 1. The van der Waals surface area contributed by atoms with Crippen LogP contribution in [0, 0.1) is 5.92 Å². The third-order valence-electron chi connectivity index (χ3n) is 6.09. The zero-order valence-corrected chi connectivity index (χ0v) is 19.6. The summed E-state index contributed by atoms with van der Waals surface area (Å²) < 4.78 is 16.5. The van der Waals surface area contributed by atoms with E-state index >= 15 is 0 Å². The van der Waals surface area contributed by atoms with Gasteiger partial charge in [0, 0.05) is 20.5 Å². The molecule has 178 valence electrons. The van der Waals surface area contributed by atoms with E-state index in [1.807, 2.05) is 42.5 Å². The summed E-state index contributed by atoms with van der Waals surface area (Å²) in [6, 6.07) is 12.1. The lowest BCUT2D eigenvalue weighted by Crippen LogP contribution is -2.58. The number of benzene rings is 2. The first kappa shape index (κ1) is 23.1. The van der Waals surface area contributed by atoms with E-state index in [2.05, 4.69) is 0 Å². The number of carbonyl (C=O) groups excluding carboxylic acids is 3. The third kappa shape index (κ3) is 3.70. The van der Waals surface area contributed by atoms with Crippen LogP contribution in [0.4, 0.5) is 10.5 Å². The SMILES string of the molecule is COc1cc(C2CC(C3C(=O)N(C)C(=O)N(C)C3=O)=NN2c2ccccc2)cc(OC)c1OC. The van der Waals surface area contributed by atoms with Crippen molar-refractivity contribution in [3.63, 3.8) is 0 Å². The first-order chi connectivity index (χ1) is 16.3. The summed E-state index contributed by atoms with van der Waals surface area (Å²) in [4.78, 5) is 40.0. The molecule has 34 heavy (non-hydrogen) atoms. The number of hydrogen-bond acceptors (Lipinski definition) is 8. The van der Waals surface area contributed by atoms with Crippen LogP contribution in [0.3, 0.4) is 0 Å². The van der Waals surface area contributed by atoms with Gasteiger partial charge in [-0.05, 0) is 29.8 Å². The normalized spacial score (nSPS) is 19.0. The molecule has 10 nitrogen and oxygen atoms in total. The quantitative estimate of drug-likeness (QED) is 0.604. The number of anilines is 1. The van der Waals surface area contributed by atoms with E-state index in [4.69, 9.17) is 19.3 Å². The van der Waals surface area contributed by atoms with Gasteiger partial charge in [-0.15, -0.1) is 0 Å². The fourth-order valence-corrected chi connectivity index (χ4v) is 4.27. The molecule has 1 atom stereocenters. The highest BCUT2D eigenvalue weighted by Gasteiger charge is 2.48. The highest BCUT2D eigenvalue weighted by Crippen LogP contribution is 2.44. The van der Waals surface area contributed by atoms with E-state index in [0.717, 1.165) is 21.1 Å². The molecular weight excluding hydrogens is 440 g/mol. The van der Waals surface area contributed by atoms with Gasteiger partial charge < -0.3 is 14.2 Å². The molecule has 4 amide bonds. The van der Waals surface area contributed by atoms with Gasteiger partial charge in [0.25, 0.3) is 0 Å². The minimum absolute atomic E-state index is 0.283. The number of barbiturate groups is 1. The molecule has 0 saturated carbocycles. The summed E-state index contributed by atoms with van der Waals surface area (Å²) >= 11 is 0. The van der Waals surface area contributed by atoms with Gasteiger partial charge in [-0.2, -0.15) is 5.10 Å². The number of para-hydroxylation sites is 1. The van der Waals surface area contributed by atoms with Crippen molar-refractivity contribution in [2.75, 3.05) is 40.4 Å². The van der Waals surface area contributed by atoms with Crippen LogP contribution in [0.1, 0.15) is 18.0 Å². The molecule has 2 aromatic rings. The number of urea groups is 1. The van der Waals surface area contributed by atoms with E-state index in [1.54, 1.807) is 5.01 Å². The van der Waals surface area contributed by atoms with E-state index in [1.165, 1.54) is 35.4 Å². The molecule has 2 aliphatic heterocycles. The van der Waals surface area contributed by atoms with Gasteiger partial charge in [0.05, 0.1) is 38.8 Å². The average molecular weight is 466 g/mol. The molecule has 4 rings (SSSR count). The van der Waals surface area contributed by atoms with Crippen LogP contribution in [0.15, 0.2) is 47.6 Å². The van der Waals surface area contributed by atoms with Crippen molar-refractivity contribution in [1.82, 2.24) is 9.80 Å². The van der Waals surface area contributed by atoms with Crippen molar-refractivity contribution in [1.29, 1.82) is 0 Å². The van der Waals surface area contributed by atoms with Gasteiger partial charge in [0.2, 0.25) is 17.6 Å². The van der Waals surface area contributed by atoms with Crippen molar-refractivity contribution in [2.45, 2.75) is 12.5 Å². The lowest BCUT2D eigenvalue weighted by Gasteiger charge is -2.32. The second kappa shape index (κ2) is 9.05. The topological polar surface area (TPSA) is 101 Å². The molecule has 1 unspecified atom stereocenters. The van der Waals surface area contributed by atoms with Gasteiger partial charge >= 0.3 is 6.03 Å². The molecule has 0 aliphatic carbocycles. The van der Waals surface area contributed by atoms with E-state index < -0.39 is 23.8 Å². The number of ether oxygens (including phenoxy) is 3. The second-order valence-corrected chi connectivity index (χ2v) is 7.96. The van der Waals surface area contributed by atoms with Gasteiger partial charge in [-0.3, -0.25) is 24.4 Å². The van der Waals surface area contributed by atoms with Crippen molar-refractivity contribution >= 4 is 29.2 Å². The zero-order valence-electron chi connectivity index (χ0n) is 19.6. The Kier molecular flexibility index (Phi) is 6.14. The molecule has 10 heteroatoms. The number of imide groups is 2. The van der Waals surface area contributed by atoms with Gasteiger partial charge in [-0.25, -0.2) is 4.79 Å². The monoisotopic (exact) mass is 466 g/mol. The fraction of sp³-hybridized carbons (Fsp3) is 0.333. The van der Waals surface area contributed by atoms with Gasteiger partial charge in [0.1, 0.15) is 0 Å². The lowest BCUT2D eigenvalue weighted by molar-refractivity contribution is -0.144. The third-order valence-corrected chi connectivity index (χ3v) is 6.09. The molecule has 0 bridgehead atoms. The highest BCUT2D eigenvalue weighted by molar-refractivity contribution is 6.27. The number of hydrogen-bond donors (Lipinski definition) is 0. The number of methoxy groups -OCH3 is 3. The molecule has 1 saturated heterocycles. The number of amides is 4. The minimum atomic E-state index is -1.18. The summed E-state index contributed by atoms with van der Waals surface area (Å²) in [5, 5.41) is 6.49. The van der Waals surface area contributed by atoms with E-state index in [0.29, 0.717) is 23.0 Å². The first-order valence-corrected chi connectivity index (χ1v) is 10.6. The molecule has 0 spiro atoms. The van der Waals surface area contributed by atoms with Crippen LogP contribution < -0.4 is 19.2 Å². The molecular formula is C24H26N4O6. The summed E-state index contributed by atoms with van der Waals surface area (Å²) in [5.41, 5.74) is 1.96. The van der Waals surface area contributed by atoms with E-state index in [9.17, 15) is 14.4 Å². The Morgan fingerprint density at radius 2 is 1.41 bits per heavy atom. The number of carbonyl (C=O) groups is 3. The Labute approximate surface area is 197 Å². The van der Waals surface area contributed by atoms with Crippen LogP contribution in [-0.2, 0) is 9.59 Å². The Morgan fingerprint density at radius 3 is 1.91 bits per heavy atom. The maximum atomic E-state index is 13.0. The van der Waals surface area contributed by atoms with E-state index in [-0.39, 0.29) is 12.5 Å². The number of rotatable bonds is 6. The summed E-state index contributed by atoms with van der Waals surface area (Å²) in [6.07, 6.45) is 0.283. The molecule has 0 aromatic heterocycles. The summed E-state index contributed by atoms with van der Waals surface area (Å²) in [5.74, 6) is -0.943. The molecule has 0 radical (unpaired) electrons. The lowest BCUT2D eigenvalue weighted by atomic mass is 9.91. The average Bonchev–Trinajstić information content (AvgIpc) is 3.31. The number of nitrogens with zero attached hydrogens (tertiary/aromatic N) is 4. The van der Waals surface area contributed by atoms with Gasteiger partial charge in [0.15, 0.2) is 17.4 Å². The Morgan fingerprint density at radius 1 is 0.853 bits per heavy atom. The predicted molar refractivity (Wildman–Crippen MR) is 124 cm³/mol. The van der Waals surface area contributed by atoms with Crippen molar-refractivity contribution in [3.05, 3.63) is 48.0 Å². The summed E-state index contributed by atoms with van der Waals surface area (Å²) in [7, 11) is 7.33. The smallest absolute Gasteiger partial charge is 0.332 e. The second-order valence-electron chi connectivity index (χ2n) is 7.96. The largest absolute Gasteiger partial charge is 0.493 e. The van der Waals surface area contributed by atoms with Crippen LogP contribution in [0.2, 0.25) is 0 Å². The van der Waals surface area contributed by atoms with Crippen LogP contribution >= 0.6 is 0 Å². The first-order valence-electron chi connectivity index (χ1n) is 10.6. The van der Waals surface area contributed by atoms with Crippen LogP contribution in [0.5, 0.6) is 17.2 Å². The maximum Gasteiger partial charge on any atom is 0.332 e. The Bertz CT molecular complexity index is 1120. The standard InChI is InChI=1S/C24H26N4O6/c1-26-22(29)20(23(30)27(2)24(26)31)16-13-17(28(25-16)15-9-7-6-8-10-15)14-11-18(32-3)21(34-5)19(12-14)33-4/h6-12,17,20H,13H2,1-5H3. The van der Waals surface area contributed by atoms with Crippen molar-refractivity contribution in [2.24, 2.45) is 11.0 Å². The Balaban J connectivity index is 1.80. The Hall–Kier alpha value is -4.08. The highest BCUT2D eigenvalue weighted by atomic mass is 16.5. The molecule has 0 N–H and O–H groups in total. The predicted octanol–water partition coefficient (Wildman–Crippen LogP) is 2.69. The van der Waals surface area contributed by atoms with Crippen molar-refractivity contribution in [3.8, 4) is 17.2 Å². The fourth-order valence-electron chi connectivity index (χ4n) is 4.27.